The van der Waals surface area contributed by atoms with Crippen molar-refractivity contribution in [3.8, 4) is 0 Å². The number of anilines is 1. The number of pyridine rings is 1. The molecule has 0 fully saturated rings. The fourth-order valence-electron chi connectivity index (χ4n) is 2.66. The number of ether oxygens (including phenoxy) is 1. The Labute approximate surface area is 147 Å². The van der Waals surface area contributed by atoms with Crippen molar-refractivity contribution in [3.05, 3.63) is 77.5 Å². The zero-order valence-corrected chi connectivity index (χ0v) is 14.3. The lowest BCUT2D eigenvalue weighted by atomic mass is 10.1. The molecule has 1 N–H and O–H groups in total. The van der Waals surface area contributed by atoms with Gasteiger partial charge in [0.2, 0.25) is 0 Å². The highest BCUT2D eigenvalue weighted by atomic mass is 16.5. The van der Waals surface area contributed by atoms with Crippen LogP contribution in [0.2, 0.25) is 0 Å². The number of hydrogen-bond donors (Lipinski definition) is 1. The second kappa shape index (κ2) is 7.62. The first-order valence-corrected chi connectivity index (χ1v) is 8.10. The number of nitrogens with zero attached hydrogens (tertiary/aromatic N) is 1. The van der Waals surface area contributed by atoms with Crippen LogP contribution < -0.4 is 5.32 Å². The van der Waals surface area contributed by atoms with Gasteiger partial charge in [0.1, 0.15) is 0 Å². The van der Waals surface area contributed by atoms with Crippen molar-refractivity contribution in [2.75, 3.05) is 19.0 Å². The molecule has 0 aliphatic carbocycles. The molecule has 0 bridgehead atoms. The van der Waals surface area contributed by atoms with E-state index < -0.39 is 0 Å². The van der Waals surface area contributed by atoms with E-state index in [1.165, 1.54) is 12.7 Å². The number of carbonyl (C=O) groups excluding carboxylic acids is 1. The molecular formula is C21H20N2O2. The second-order valence-electron chi connectivity index (χ2n) is 5.83. The highest BCUT2D eigenvalue weighted by Crippen LogP contribution is 2.21. The maximum absolute atomic E-state index is 11.5. The van der Waals surface area contributed by atoms with E-state index >= 15 is 0 Å². The zero-order chi connectivity index (χ0) is 17.6. The van der Waals surface area contributed by atoms with E-state index in [9.17, 15) is 4.79 Å². The van der Waals surface area contributed by atoms with Gasteiger partial charge in [-0.05, 0) is 48.9 Å². The molecule has 0 amide bonds. The Balaban J connectivity index is 1.70. The monoisotopic (exact) mass is 332 g/mol. The summed E-state index contributed by atoms with van der Waals surface area (Å²) < 4.78 is 4.71. The summed E-state index contributed by atoms with van der Waals surface area (Å²) >= 11 is 0. The van der Waals surface area contributed by atoms with Gasteiger partial charge in [0.05, 0.1) is 18.2 Å². The number of nitrogens with one attached hydrogen (secondary N) is 1. The van der Waals surface area contributed by atoms with Gasteiger partial charge in [0, 0.05) is 23.8 Å². The molecule has 0 radical (unpaired) electrons. The van der Waals surface area contributed by atoms with Gasteiger partial charge in [0.25, 0.3) is 0 Å². The highest BCUT2D eigenvalue weighted by Gasteiger charge is 2.04. The van der Waals surface area contributed by atoms with Crippen molar-refractivity contribution in [2.24, 2.45) is 0 Å². The molecule has 0 unspecified atom stereocenters. The van der Waals surface area contributed by atoms with Crippen LogP contribution in [-0.2, 0) is 4.74 Å². The van der Waals surface area contributed by atoms with Gasteiger partial charge >= 0.3 is 5.97 Å². The van der Waals surface area contributed by atoms with Crippen LogP contribution in [0.3, 0.4) is 0 Å². The normalized spacial score (nSPS) is 11.4. The van der Waals surface area contributed by atoms with E-state index in [0.29, 0.717) is 5.56 Å². The molecule has 2 aromatic carbocycles. The van der Waals surface area contributed by atoms with Crippen molar-refractivity contribution in [1.82, 2.24) is 4.98 Å². The van der Waals surface area contributed by atoms with Crippen molar-refractivity contribution < 1.29 is 9.53 Å². The number of benzene rings is 2. The van der Waals surface area contributed by atoms with E-state index in [1.807, 2.05) is 30.3 Å². The molecule has 3 aromatic rings. The number of aromatic nitrogens is 1. The fraction of sp³-hybridized carbons (Fsp3) is 0.143. The van der Waals surface area contributed by atoms with E-state index in [2.05, 4.69) is 35.4 Å². The molecule has 25 heavy (non-hydrogen) atoms. The Morgan fingerprint density at radius 3 is 2.68 bits per heavy atom. The molecule has 1 heterocycles. The van der Waals surface area contributed by atoms with E-state index in [4.69, 9.17) is 4.74 Å². The maximum atomic E-state index is 11.5. The molecule has 4 nitrogen and oxygen atoms in total. The highest BCUT2D eigenvalue weighted by molar-refractivity contribution is 5.91. The van der Waals surface area contributed by atoms with Gasteiger partial charge < -0.3 is 10.1 Å². The van der Waals surface area contributed by atoms with E-state index in [1.54, 1.807) is 18.3 Å². The van der Waals surface area contributed by atoms with Crippen LogP contribution in [0, 0.1) is 0 Å². The summed E-state index contributed by atoms with van der Waals surface area (Å²) in [4.78, 5) is 15.8. The fourth-order valence-corrected chi connectivity index (χ4v) is 2.66. The molecule has 4 heteroatoms. The Bertz CT molecular complexity index is 909. The first kappa shape index (κ1) is 16.7. The molecule has 1 aromatic heterocycles. The number of esters is 1. The van der Waals surface area contributed by atoms with Crippen LogP contribution in [-0.4, -0.2) is 24.6 Å². The lowest BCUT2D eigenvalue weighted by molar-refractivity contribution is 0.0600. The van der Waals surface area contributed by atoms with Crippen LogP contribution in [0.4, 0.5) is 5.69 Å². The van der Waals surface area contributed by atoms with Gasteiger partial charge in [-0.1, -0.05) is 29.8 Å². The molecule has 0 aliphatic rings. The predicted molar refractivity (Wildman–Crippen MR) is 102 cm³/mol. The first-order valence-electron chi connectivity index (χ1n) is 8.10. The van der Waals surface area contributed by atoms with Crippen molar-refractivity contribution in [1.29, 1.82) is 0 Å². The zero-order valence-electron chi connectivity index (χ0n) is 14.3. The first-order chi connectivity index (χ1) is 12.2. The molecule has 0 atom stereocenters. The summed E-state index contributed by atoms with van der Waals surface area (Å²) in [6, 6.07) is 17.4. The Morgan fingerprint density at radius 1 is 1.12 bits per heavy atom. The van der Waals surface area contributed by atoms with Crippen molar-refractivity contribution in [3.63, 3.8) is 0 Å². The van der Waals surface area contributed by atoms with Gasteiger partial charge in [0.15, 0.2) is 0 Å². The third kappa shape index (κ3) is 4.04. The number of fused-ring (bicyclic) bond motifs is 1. The topological polar surface area (TPSA) is 51.2 Å². The summed E-state index contributed by atoms with van der Waals surface area (Å²) in [5.74, 6) is -0.321. The van der Waals surface area contributed by atoms with E-state index in [0.717, 1.165) is 28.7 Å². The number of rotatable bonds is 5. The Kier molecular flexibility index (Phi) is 5.09. The van der Waals surface area contributed by atoms with Crippen molar-refractivity contribution >= 4 is 28.6 Å². The third-order valence-corrected chi connectivity index (χ3v) is 3.95. The molecule has 0 aliphatic heterocycles. The molecule has 0 saturated heterocycles. The molecule has 0 saturated carbocycles. The third-order valence-electron chi connectivity index (χ3n) is 3.95. The average molecular weight is 332 g/mol. The Morgan fingerprint density at radius 2 is 1.92 bits per heavy atom. The number of methoxy groups -OCH3 is 1. The second-order valence-corrected chi connectivity index (χ2v) is 5.83. The molecule has 126 valence electrons. The Hall–Kier alpha value is -3.14. The van der Waals surface area contributed by atoms with Gasteiger partial charge in [-0.25, -0.2) is 4.79 Å². The van der Waals surface area contributed by atoms with Crippen LogP contribution in [0.25, 0.3) is 17.0 Å². The minimum atomic E-state index is -0.321. The summed E-state index contributed by atoms with van der Waals surface area (Å²) in [6.45, 7) is 2.80. The SMILES string of the molecule is COC(=O)c1ccc(C=C(C)CNc2cccc3ncccc23)cc1. The van der Waals surface area contributed by atoms with Crippen LogP contribution in [0.15, 0.2) is 66.4 Å². The smallest absolute Gasteiger partial charge is 0.337 e. The number of hydrogen-bond acceptors (Lipinski definition) is 4. The van der Waals surface area contributed by atoms with Crippen LogP contribution >= 0.6 is 0 Å². The molecular weight excluding hydrogens is 312 g/mol. The van der Waals surface area contributed by atoms with Crippen molar-refractivity contribution in [2.45, 2.75) is 6.92 Å². The van der Waals surface area contributed by atoms with Gasteiger partial charge in [-0.15, -0.1) is 0 Å². The molecule has 0 spiro atoms. The largest absolute Gasteiger partial charge is 0.465 e. The average Bonchev–Trinajstić information content (AvgIpc) is 2.66. The number of carbonyl (C=O) groups is 1. The predicted octanol–water partition coefficient (Wildman–Crippen LogP) is 4.54. The minimum Gasteiger partial charge on any atom is -0.465 e. The summed E-state index contributed by atoms with van der Waals surface area (Å²) in [5.41, 5.74) is 4.84. The van der Waals surface area contributed by atoms with Crippen LogP contribution in [0.1, 0.15) is 22.8 Å². The summed E-state index contributed by atoms with van der Waals surface area (Å²) in [6.07, 6.45) is 3.90. The maximum Gasteiger partial charge on any atom is 0.337 e. The summed E-state index contributed by atoms with van der Waals surface area (Å²) in [7, 11) is 1.38. The standard InChI is InChI=1S/C21H20N2O2/c1-15(13-16-8-10-17(11-9-16)21(24)25-2)14-23-20-7-3-6-19-18(20)5-4-12-22-19/h3-13,23H,14H2,1-2H3. The van der Waals surface area contributed by atoms with E-state index in [-0.39, 0.29) is 5.97 Å². The molecule has 3 rings (SSSR count). The van der Waals surface area contributed by atoms with Gasteiger partial charge in [-0.3, -0.25) is 4.98 Å². The van der Waals surface area contributed by atoms with Crippen LogP contribution in [0.5, 0.6) is 0 Å². The summed E-state index contributed by atoms with van der Waals surface area (Å²) in [5, 5.41) is 4.58. The lowest BCUT2D eigenvalue weighted by Gasteiger charge is -2.10. The quantitative estimate of drug-likeness (QED) is 0.697. The minimum absolute atomic E-state index is 0.321. The van der Waals surface area contributed by atoms with Gasteiger partial charge in [-0.2, -0.15) is 0 Å². The lowest BCUT2D eigenvalue weighted by Crippen LogP contribution is -2.03.